The fourth-order valence-corrected chi connectivity index (χ4v) is 4.81. The number of hydrogen-bond acceptors (Lipinski definition) is 1. The Morgan fingerprint density at radius 3 is 2.75 bits per heavy atom. The maximum absolute atomic E-state index is 6.14. The van der Waals surface area contributed by atoms with Gasteiger partial charge in [-0.2, -0.15) is 0 Å². The van der Waals surface area contributed by atoms with E-state index in [4.69, 9.17) is 11.6 Å². The Balaban J connectivity index is 1.68. The van der Waals surface area contributed by atoms with E-state index in [1.165, 1.54) is 37.0 Å². The number of hydrogen-bond donors (Lipinski definition) is 0. The van der Waals surface area contributed by atoms with E-state index >= 15 is 0 Å². The third-order valence-electron chi connectivity index (χ3n) is 4.07. The molecule has 1 aliphatic carbocycles. The zero-order valence-corrected chi connectivity index (χ0v) is 11.0. The van der Waals surface area contributed by atoms with Gasteiger partial charge in [0.05, 0.1) is 0 Å². The molecule has 0 bridgehead atoms. The van der Waals surface area contributed by atoms with Crippen LogP contribution in [-0.2, 0) is 6.42 Å². The molecule has 0 N–H and O–H groups in total. The van der Waals surface area contributed by atoms with Crippen molar-refractivity contribution in [1.29, 1.82) is 0 Å². The number of halogens is 1. The minimum atomic E-state index is 0.487. The van der Waals surface area contributed by atoms with Crippen molar-refractivity contribution in [2.24, 2.45) is 5.41 Å². The van der Waals surface area contributed by atoms with Crippen LogP contribution in [0.2, 0.25) is 0 Å². The molecule has 1 aromatic rings. The summed E-state index contributed by atoms with van der Waals surface area (Å²) in [7, 11) is 0. The number of thioether (sulfide) groups is 1. The first kappa shape index (κ1) is 11.0. The van der Waals surface area contributed by atoms with E-state index in [1.807, 2.05) is 0 Å². The molecule has 0 spiro atoms. The Bertz CT molecular complexity index is 354. The van der Waals surface area contributed by atoms with Gasteiger partial charge in [0.15, 0.2) is 0 Å². The van der Waals surface area contributed by atoms with E-state index in [0.29, 0.717) is 5.41 Å². The molecule has 2 heteroatoms. The predicted molar refractivity (Wildman–Crippen MR) is 71.4 cm³/mol. The molecule has 1 fully saturated rings. The second-order valence-electron chi connectivity index (χ2n) is 5.24. The molecule has 16 heavy (non-hydrogen) atoms. The summed E-state index contributed by atoms with van der Waals surface area (Å²) in [6.07, 6.45) is 6.65. The summed E-state index contributed by atoms with van der Waals surface area (Å²) in [6, 6.07) is 8.84. The average Bonchev–Trinajstić information content (AvgIpc) is 2.65. The number of rotatable bonds is 3. The van der Waals surface area contributed by atoms with Crippen molar-refractivity contribution >= 4 is 23.4 Å². The molecule has 0 amide bonds. The maximum atomic E-state index is 6.14. The summed E-state index contributed by atoms with van der Waals surface area (Å²) in [5, 5.41) is 0.774. The Labute approximate surface area is 107 Å². The van der Waals surface area contributed by atoms with Crippen LogP contribution in [0.4, 0.5) is 0 Å². The molecule has 86 valence electrons. The van der Waals surface area contributed by atoms with Crippen molar-refractivity contribution in [3.05, 3.63) is 29.8 Å². The van der Waals surface area contributed by atoms with Gasteiger partial charge in [0.2, 0.25) is 0 Å². The smallest absolute Gasteiger partial charge is 0.0280 e. The second-order valence-corrected chi connectivity index (χ2v) is 6.85. The quantitative estimate of drug-likeness (QED) is 0.714. The Kier molecular flexibility index (Phi) is 2.93. The zero-order chi connectivity index (χ0) is 11.0. The first-order valence-electron chi connectivity index (χ1n) is 6.12. The van der Waals surface area contributed by atoms with Crippen LogP contribution in [-0.4, -0.2) is 11.1 Å². The Hall–Kier alpha value is -0.140. The third kappa shape index (κ3) is 1.89. The van der Waals surface area contributed by atoms with E-state index in [0.717, 1.165) is 11.1 Å². The molecular weight excluding hydrogens is 236 g/mol. The Morgan fingerprint density at radius 1 is 1.31 bits per heavy atom. The fraction of sp³-hybridized carbons (Fsp3) is 0.571. The van der Waals surface area contributed by atoms with E-state index in [1.54, 1.807) is 5.56 Å². The fourth-order valence-electron chi connectivity index (χ4n) is 2.92. The van der Waals surface area contributed by atoms with Gasteiger partial charge in [-0.1, -0.05) is 24.6 Å². The minimum Gasteiger partial charge on any atom is -0.126 e. The molecule has 0 aromatic heterocycles. The molecular formula is C14H17ClS. The summed E-state index contributed by atoms with van der Waals surface area (Å²) in [5.74, 6) is 0.862. The van der Waals surface area contributed by atoms with Gasteiger partial charge in [-0.25, -0.2) is 0 Å². The maximum Gasteiger partial charge on any atom is 0.0280 e. The summed E-state index contributed by atoms with van der Waals surface area (Å²) in [6.45, 7) is 0. The highest BCUT2D eigenvalue weighted by Crippen LogP contribution is 2.50. The molecule has 0 radical (unpaired) electrons. The lowest BCUT2D eigenvalue weighted by Gasteiger charge is -2.42. The highest BCUT2D eigenvalue weighted by Gasteiger charge is 2.39. The van der Waals surface area contributed by atoms with Gasteiger partial charge in [0, 0.05) is 16.0 Å². The van der Waals surface area contributed by atoms with Crippen molar-refractivity contribution in [2.75, 3.05) is 5.88 Å². The molecule has 1 heterocycles. The van der Waals surface area contributed by atoms with Crippen molar-refractivity contribution < 1.29 is 0 Å². The van der Waals surface area contributed by atoms with Crippen LogP contribution in [0, 0.1) is 5.41 Å². The predicted octanol–water partition coefficient (Wildman–Crippen LogP) is 4.50. The summed E-state index contributed by atoms with van der Waals surface area (Å²) >= 11 is 8.21. The van der Waals surface area contributed by atoms with Gasteiger partial charge in [0.25, 0.3) is 0 Å². The number of fused-ring (bicyclic) bond motifs is 1. The van der Waals surface area contributed by atoms with Crippen molar-refractivity contribution in [1.82, 2.24) is 0 Å². The summed E-state index contributed by atoms with van der Waals surface area (Å²) in [5.41, 5.74) is 2.03. The second kappa shape index (κ2) is 4.27. The van der Waals surface area contributed by atoms with Crippen LogP contribution in [0.5, 0.6) is 0 Å². The van der Waals surface area contributed by atoms with Crippen LogP contribution in [0.15, 0.2) is 29.2 Å². The molecule has 0 saturated heterocycles. The van der Waals surface area contributed by atoms with Gasteiger partial charge in [0.1, 0.15) is 0 Å². The number of benzene rings is 1. The van der Waals surface area contributed by atoms with Crippen molar-refractivity contribution in [3.63, 3.8) is 0 Å². The minimum absolute atomic E-state index is 0.487. The third-order valence-corrected chi connectivity index (χ3v) is 5.96. The highest BCUT2D eigenvalue weighted by atomic mass is 35.5. The molecule has 3 rings (SSSR count). The SMILES string of the molecule is ClCC1(CC2Cc3ccccc3S2)CCC1. The van der Waals surface area contributed by atoms with Gasteiger partial charge in [-0.15, -0.1) is 23.4 Å². The normalized spacial score (nSPS) is 26.2. The molecule has 1 saturated carbocycles. The van der Waals surface area contributed by atoms with Gasteiger partial charge in [-0.05, 0) is 42.7 Å². The largest absolute Gasteiger partial charge is 0.126 e. The molecule has 1 aromatic carbocycles. The first-order valence-corrected chi connectivity index (χ1v) is 7.53. The standard InChI is InChI=1S/C14H17ClS/c15-10-14(6-3-7-14)9-12-8-11-4-1-2-5-13(11)16-12/h1-2,4-5,12H,3,6-10H2. The van der Waals surface area contributed by atoms with E-state index in [9.17, 15) is 0 Å². The lowest BCUT2D eigenvalue weighted by molar-refractivity contribution is 0.150. The van der Waals surface area contributed by atoms with E-state index in [-0.39, 0.29) is 0 Å². The van der Waals surface area contributed by atoms with Crippen molar-refractivity contribution in [3.8, 4) is 0 Å². The van der Waals surface area contributed by atoms with Crippen LogP contribution in [0.1, 0.15) is 31.2 Å². The van der Waals surface area contributed by atoms with Crippen LogP contribution in [0.3, 0.4) is 0 Å². The van der Waals surface area contributed by atoms with Gasteiger partial charge >= 0.3 is 0 Å². The molecule has 2 aliphatic rings. The van der Waals surface area contributed by atoms with Crippen LogP contribution in [0.25, 0.3) is 0 Å². The summed E-state index contributed by atoms with van der Waals surface area (Å²) < 4.78 is 0. The first-order chi connectivity index (χ1) is 7.81. The van der Waals surface area contributed by atoms with E-state index in [2.05, 4.69) is 36.0 Å². The van der Waals surface area contributed by atoms with Gasteiger partial charge in [-0.3, -0.25) is 0 Å². The van der Waals surface area contributed by atoms with Crippen molar-refractivity contribution in [2.45, 2.75) is 42.2 Å². The Morgan fingerprint density at radius 2 is 2.12 bits per heavy atom. The van der Waals surface area contributed by atoms with Gasteiger partial charge < -0.3 is 0 Å². The highest BCUT2D eigenvalue weighted by molar-refractivity contribution is 8.00. The molecule has 1 atom stereocenters. The summed E-state index contributed by atoms with van der Waals surface area (Å²) in [4.78, 5) is 1.50. The molecule has 0 nitrogen and oxygen atoms in total. The van der Waals surface area contributed by atoms with Crippen LogP contribution < -0.4 is 0 Å². The molecule has 1 aliphatic heterocycles. The average molecular weight is 253 g/mol. The molecule has 1 unspecified atom stereocenters. The van der Waals surface area contributed by atoms with Crippen LogP contribution >= 0.6 is 23.4 Å². The lowest BCUT2D eigenvalue weighted by Crippen LogP contribution is -2.34. The number of alkyl halides is 1. The lowest BCUT2D eigenvalue weighted by atomic mass is 9.67. The van der Waals surface area contributed by atoms with E-state index < -0.39 is 0 Å². The monoisotopic (exact) mass is 252 g/mol. The zero-order valence-electron chi connectivity index (χ0n) is 9.42. The topological polar surface area (TPSA) is 0 Å².